The summed E-state index contributed by atoms with van der Waals surface area (Å²) < 4.78 is 39.1. The predicted molar refractivity (Wildman–Crippen MR) is 102 cm³/mol. The molecule has 0 bridgehead atoms. The zero-order valence-electron chi connectivity index (χ0n) is 16.4. The topological polar surface area (TPSA) is 6.48 Å². The van der Waals surface area contributed by atoms with Crippen molar-refractivity contribution in [2.75, 3.05) is 27.2 Å². The maximum absolute atomic E-state index is 13.0. The Kier molecular flexibility index (Phi) is 6.36. The number of rotatable bonds is 4. The Morgan fingerprint density at radius 1 is 1.19 bits per heavy atom. The number of aryl methyl sites for hydroxylation is 1. The fourth-order valence-corrected chi connectivity index (χ4v) is 4.00. The van der Waals surface area contributed by atoms with Crippen molar-refractivity contribution in [2.24, 2.45) is 0 Å². The third-order valence-corrected chi connectivity index (χ3v) is 6.05. The van der Waals surface area contributed by atoms with Gasteiger partial charge in [0.25, 0.3) is 0 Å². The van der Waals surface area contributed by atoms with Gasteiger partial charge in [-0.15, -0.1) is 0 Å². The number of benzene rings is 1. The number of likely N-dealkylation sites (tertiary alicyclic amines) is 1. The van der Waals surface area contributed by atoms with Gasteiger partial charge in [-0.05, 0) is 90.9 Å². The maximum atomic E-state index is 13.0. The summed E-state index contributed by atoms with van der Waals surface area (Å²) in [5, 5.41) is 0.412. The number of piperidine rings is 1. The largest absolute Gasteiger partial charge is 0.416 e. The Morgan fingerprint density at radius 2 is 1.85 bits per heavy atom. The van der Waals surface area contributed by atoms with Gasteiger partial charge < -0.3 is 4.90 Å². The summed E-state index contributed by atoms with van der Waals surface area (Å²) in [5.41, 5.74) is -0.0233. The van der Waals surface area contributed by atoms with Crippen LogP contribution in [0.3, 0.4) is 0 Å². The highest BCUT2D eigenvalue weighted by Gasteiger charge is 2.40. The SMILES string of the molecule is CN(C)[C@@]1(CCc2cc(C(F)(F)F)ccc2Cl)CCCN(C(C)(C)C)C1. The molecule has 1 fully saturated rings. The van der Waals surface area contributed by atoms with E-state index < -0.39 is 11.7 Å². The summed E-state index contributed by atoms with van der Waals surface area (Å²) in [6, 6.07) is 3.62. The minimum Gasteiger partial charge on any atom is -0.302 e. The van der Waals surface area contributed by atoms with Crippen molar-refractivity contribution in [2.45, 2.75) is 63.7 Å². The molecule has 0 amide bonds. The normalized spacial score (nSPS) is 22.8. The first-order valence-electron chi connectivity index (χ1n) is 9.13. The number of nitrogens with zero attached hydrogens (tertiary/aromatic N) is 2. The molecule has 2 nitrogen and oxygen atoms in total. The Bertz CT molecular complexity index is 622. The molecule has 0 radical (unpaired) electrons. The van der Waals surface area contributed by atoms with E-state index in [4.69, 9.17) is 11.6 Å². The van der Waals surface area contributed by atoms with Crippen molar-refractivity contribution in [1.29, 1.82) is 0 Å². The first kappa shape index (κ1) is 21.5. The Morgan fingerprint density at radius 3 is 2.38 bits per heavy atom. The second-order valence-corrected chi connectivity index (χ2v) is 9.03. The standard InChI is InChI=1S/C20H30ClF3N2/c1-18(2,3)26-12-6-10-19(14-26,25(4)5)11-9-15-13-16(20(22,23)24)7-8-17(15)21/h7-8,13H,6,9-12,14H2,1-5H3/t19-/m1/s1. The summed E-state index contributed by atoms with van der Waals surface area (Å²) in [6.07, 6.45) is -0.881. The van der Waals surface area contributed by atoms with Gasteiger partial charge >= 0.3 is 6.18 Å². The number of hydrogen-bond donors (Lipinski definition) is 0. The van der Waals surface area contributed by atoms with E-state index in [0.717, 1.165) is 38.4 Å². The van der Waals surface area contributed by atoms with Crippen molar-refractivity contribution in [3.63, 3.8) is 0 Å². The fourth-order valence-electron chi connectivity index (χ4n) is 3.79. The van der Waals surface area contributed by atoms with E-state index in [1.54, 1.807) is 0 Å². The quantitative estimate of drug-likeness (QED) is 0.671. The Hall–Kier alpha value is -0.780. The van der Waals surface area contributed by atoms with Crippen molar-refractivity contribution >= 4 is 11.6 Å². The van der Waals surface area contributed by atoms with Gasteiger partial charge in [-0.1, -0.05) is 11.6 Å². The van der Waals surface area contributed by atoms with Crippen molar-refractivity contribution < 1.29 is 13.2 Å². The number of likely N-dealkylation sites (N-methyl/N-ethyl adjacent to an activating group) is 1. The second-order valence-electron chi connectivity index (χ2n) is 8.62. The van der Waals surface area contributed by atoms with E-state index in [0.29, 0.717) is 17.0 Å². The van der Waals surface area contributed by atoms with Gasteiger partial charge in [-0.25, -0.2) is 0 Å². The number of halogens is 4. The summed E-state index contributed by atoms with van der Waals surface area (Å²) in [6.45, 7) is 8.61. The monoisotopic (exact) mass is 390 g/mol. The van der Waals surface area contributed by atoms with Crippen LogP contribution in [0.4, 0.5) is 13.2 Å². The Labute approximate surface area is 160 Å². The van der Waals surface area contributed by atoms with Crippen LogP contribution >= 0.6 is 11.6 Å². The smallest absolute Gasteiger partial charge is 0.302 e. The maximum Gasteiger partial charge on any atom is 0.416 e. The van der Waals surface area contributed by atoms with E-state index in [9.17, 15) is 13.2 Å². The zero-order valence-corrected chi connectivity index (χ0v) is 17.1. The molecule has 1 aromatic rings. The molecule has 1 saturated heterocycles. The van der Waals surface area contributed by atoms with Gasteiger partial charge in [-0.2, -0.15) is 13.2 Å². The van der Waals surface area contributed by atoms with Crippen LogP contribution in [0.5, 0.6) is 0 Å². The second kappa shape index (κ2) is 7.69. The minimum absolute atomic E-state index is 0.0525. The van der Waals surface area contributed by atoms with E-state index >= 15 is 0 Å². The van der Waals surface area contributed by atoms with Crippen LogP contribution in [0, 0.1) is 0 Å². The van der Waals surface area contributed by atoms with Gasteiger partial charge in [0.1, 0.15) is 0 Å². The van der Waals surface area contributed by atoms with Crippen LogP contribution in [-0.2, 0) is 12.6 Å². The average Bonchev–Trinajstić information content (AvgIpc) is 2.52. The first-order valence-corrected chi connectivity index (χ1v) is 9.51. The molecule has 1 aliphatic rings. The highest BCUT2D eigenvalue weighted by atomic mass is 35.5. The van der Waals surface area contributed by atoms with Gasteiger partial charge in [0.15, 0.2) is 0 Å². The highest BCUT2D eigenvalue weighted by Crippen LogP contribution is 2.36. The van der Waals surface area contributed by atoms with Crippen LogP contribution in [0.25, 0.3) is 0 Å². The molecule has 6 heteroatoms. The van der Waals surface area contributed by atoms with Gasteiger partial charge in [0.05, 0.1) is 5.56 Å². The van der Waals surface area contributed by atoms with Crippen molar-refractivity contribution in [3.8, 4) is 0 Å². The number of alkyl halides is 3. The molecule has 0 saturated carbocycles. The molecule has 1 aliphatic heterocycles. The molecule has 0 N–H and O–H groups in total. The molecular formula is C20H30ClF3N2. The van der Waals surface area contributed by atoms with Gasteiger partial charge in [-0.3, -0.25) is 4.90 Å². The van der Waals surface area contributed by atoms with Crippen molar-refractivity contribution in [3.05, 3.63) is 34.3 Å². The minimum atomic E-state index is -4.34. The van der Waals surface area contributed by atoms with Gasteiger partial charge in [0.2, 0.25) is 0 Å². The lowest BCUT2D eigenvalue weighted by Gasteiger charge is -2.51. The lowest BCUT2D eigenvalue weighted by atomic mass is 9.81. The molecule has 0 unspecified atom stereocenters. The third-order valence-electron chi connectivity index (χ3n) is 5.69. The zero-order chi connectivity index (χ0) is 19.8. The molecular weight excluding hydrogens is 361 g/mol. The molecule has 0 aromatic heterocycles. The third kappa shape index (κ3) is 4.93. The van der Waals surface area contributed by atoms with Crippen molar-refractivity contribution in [1.82, 2.24) is 9.80 Å². The molecule has 26 heavy (non-hydrogen) atoms. The fraction of sp³-hybridized carbons (Fsp3) is 0.700. The van der Waals surface area contributed by atoms with Crippen LogP contribution in [0.2, 0.25) is 5.02 Å². The van der Waals surface area contributed by atoms with E-state index in [2.05, 4.69) is 44.7 Å². The average molecular weight is 391 g/mol. The molecule has 2 rings (SSSR count). The lowest BCUT2D eigenvalue weighted by Crippen LogP contribution is -2.60. The molecule has 0 aliphatic carbocycles. The van der Waals surface area contributed by atoms with Crippen LogP contribution in [-0.4, -0.2) is 48.1 Å². The molecule has 1 aromatic carbocycles. The lowest BCUT2D eigenvalue weighted by molar-refractivity contribution is -0.137. The van der Waals surface area contributed by atoms with Crippen LogP contribution in [0.1, 0.15) is 51.2 Å². The predicted octanol–water partition coefficient (Wildman–Crippen LogP) is 5.49. The number of hydrogen-bond acceptors (Lipinski definition) is 2. The summed E-state index contributed by atoms with van der Waals surface area (Å²) >= 11 is 6.20. The first-order chi connectivity index (χ1) is 11.8. The van der Waals surface area contributed by atoms with Crippen LogP contribution < -0.4 is 0 Å². The van der Waals surface area contributed by atoms with Crippen LogP contribution in [0.15, 0.2) is 18.2 Å². The summed E-state index contributed by atoms with van der Waals surface area (Å²) in [7, 11) is 4.14. The molecule has 1 atom stereocenters. The van der Waals surface area contributed by atoms with E-state index in [-0.39, 0.29) is 11.1 Å². The highest BCUT2D eigenvalue weighted by molar-refractivity contribution is 6.31. The van der Waals surface area contributed by atoms with E-state index in [1.807, 2.05) is 0 Å². The Balaban J connectivity index is 2.22. The van der Waals surface area contributed by atoms with Gasteiger partial charge in [0, 0.05) is 22.6 Å². The summed E-state index contributed by atoms with van der Waals surface area (Å²) in [4.78, 5) is 4.72. The molecule has 148 valence electrons. The molecule has 1 heterocycles. The van der Waals surface area contributed by atoms with E-state index in [1.165, 1.54) is 12.1 Å². The molecule has 0 spiro atoms. The summed E-state index contributed by atoms with van der Waals surface area (Å²) in [5.74, 6) is 0.